The van der Waals surface area contributed by atoms with E-state index in [9.17, 15) is 0 Å². The zero-order valence-electron chi connectivity index (χ0n) is 30.0. The SMILES string of the molecule is CC1C=CC(c2cc(-c3ccc4c5ccccc5n(C5=CCCC=C5)c4c3)cc3cccnc23)=CC1c1nc(-c2ccccc2)[nH+]c(-c2ccccc2)n1. The van der Waals surface area contributed by atoms with E-state index in [4.69, 9.17) is 15.0 Å². The molecule has 0 fully saturated rings. The number of nitrogens with one attached hydrogen (secondary N) is 1. The number of H-pyrrole nitrogens is 1. The molecule has 0 bridgehead atoms. The van der Waals surface area contributed by atoms with Gasteiger partial charge in [-0.2, -0.15) is 0 Å². The van der Waals surface area contributed by atoms with Crippen LogP contribution in [0, 0.1) is 5.92 Å². The summed E-state index contributed by atoms with van der Waals surface area (Å²) in [5.74, 6) is 2.54. The Balaban J connectivity index is 1.12. The van der Waals surface area contributed by atoms with Gasteiger partial charge in [0.1, 0.15) is 0 Å². The molecule has 54 heavy (non-hydrogen) atoms. The van der Waals surface area contributed by atoms with Crippen molar-refractivity contribution in [2.24, 2.45) is 5.92 Å². The van der Waals surface area contributed by atoms with Crippen molar-refractivity contribution in [3.05, 3.63) is 181 Å². The average molecular weight is 697 g/mol. The summed E-state index contributed by atoms with van der Waals surface area (Å²) in [6.07, 6.45) is 17.8. The maximum atomic E-state index is 5.18. The predicted octanol–water partition coefficient (Wildman–Crippen LogP) is 11.5. The van der Waals surface area contributed by atoms with Crippen molar-refractivity contribution in [1.82, 2.24) is 19.5 Å². The minimum atomic E-state index is -0.0455. The van der Waals surface area contributed by atoms with Crippen LogP contribution in [0.2, 0.25) is 0 Å². The second-order valence-electron chi connectivity index (χ2n) is 14.3. The molecule has 5 heteroatoms. The number of hydrogen-bond acceptors (Lipinski definition) is 3. The van der Waals surface area contributed by atoms with Crippen LogP contribution in [0.3, 0.4) is 0 Å². The van der Waals surface area contributed by atoms with Gasteiger partial charge in [0.2, 0.25) is 0 Å². The van der Waals surface area contributed by atoms with Crippen molar-refractivity contribution >= 4 is 44.0 Å². The van der Waals surface area contributed by atoms with Crippen molar-refractivity contribution in [2.75, 3.05) is 0 Å². The molecule has 0 amide bonds. The molecule has 2 aliphatic rings. The number of pyridine rings is 1. The summed E-state index contributed by atoms with van der Waals surface area (Å²) in [5, 5.41) is 3.64. The Kier molecular flexibility index (Phi) is 7.91. The van der Waals surface area contributed by atoms with Crippen LogP contribution in [0.25, 0.3) is 77.9 Å². The Hall–Kier alpha value is -6.72. The van der Waals surface area contributed by atoms with Gasteiger partial charge in [-0.3, -0.25) is 4.98 Å². The smallest absolute Gasteiger partial charge is 0.284 e. The molecule has 10 rings (SSSR count). The standard InChI is InChI=1S/C49H37N5/c1-32-23-24-36(29-42(32)49-52-47(33-14-5-2-6-15-33)51-48(53-49)34-16-7-3-8-17-34)43-30-38(28-37-18-13-27-50-46(37)43)35-25-26-41-40-21-11-12-22-44(40)54(45(41)31-35)39-19-9-4-10-20-39/h2-3,5-9,11-32,42H,4,10H2,1H3/p+1. The van der Waals surface area contributed by atoms with Gasteiger partial charge >= 0.3 is 0 Å². The third kappa shape index (κ3) is 5.66. The first-order valence-electron chi connectivity index (χ1n) is 18.8. The van der Waals surface area contributed by atoms with Crippen LogP contribution in [0.15, 0.2) is 170 Å². The zero-order valence-corrected chi connectivity index (χ0v) is 30.0. The summed E-state index contributed by atoms with van der Waals surface area (Å²) >= 11 is 0. The Morgan fingerprint density at radius 3 is 2.15 bits per heavy atom. The van der Waals surface area contributed by atoms with Gasteiger partial charge in [-0.1, -0.05) is 120 Å². The van der Waals surface area contributed by atoms with Crippen molar-refractivity contribution < 1.29 is 4.98 Å². The third-order valence-electron chi connectivity index (χ3n) is 10.8. The quantitative estimate of drug-likeness (QED) is 0.174. The molecule has 5 nitrogen and oxygen atoms in total. The summed E-state index contributed by atoms with van der Waals surface area (Å²) in [6.45, 7) is 2.25. The number of aromatic amines is 1. The molecular weight excluding hydrogens is 659 g/mol. The van der Waals surface area contributed by atoms with Crippen LogP contribution in [-0.4, -0.2) is 19.5 Å². The van der Waals surface area contributed by atoms with Crippen LogP contribution in [0.1, 0.15) is 37.1 Å². The highest BCUT2D eigenvalue weighted by Crippen LogP contribution is 2.40. The zero-order chi connectivity index (χ0) is 36.0. The van der Waals surface area contributed by atoms with E-state index in [1.54, 1.807) is 0 Å². The van der Waals surface area contributed by atoms with Gasteiger partial charge in [0.15, 0.2) is 0 Å². The normalized spacial score (nSPS) is 16.9. The summed E-state index contributed by atoms with van der Waals surface area (Å²) in [7, 11) is 0. The molecule has 0 spiro atoms. The molecule has 2 aliphatic carbocycles. The lowest BCUT2D eigenvalue weighted by Crippen LogP contribution is -2.21. The topological polar surface area (TPSA) is 57.7 Å². The van der Waals surface area contributed by atoms with E-state index in [0.29, 0.717) is 0 Å². The fraction of sp³-hybridized carbons (Fsp3) is 0.102. The van der Waals surface area contributed by atoms with E-state index in [2.05, 4.69) is 138 Å². The van der Waals surface area contributed by atoms with Gasteiger partial charge in [-0.05, 0) is 96.1 Å². The number of aromatic nitrogens is 5. The molecule has 8 aromatic rings. The van der Waals surface area contributed by atoms with E-state index in [0.717, 1.165) is 69.0 Å². The largest absolute Gasteiger partial charge is 0.310 e. The molecule has 0 saturated carbocycles. The maximum Gasteiger partial charge on any atom is 0.284 e. The molecular formula is C49H38N5+. The molecule has 0 saturated heterocycles. The van der Waals surface area contributed by atoms with Crippen molar-refractivity contribution in [3.8, 4) is 33.9 Å². The van der Waals surface area contributed by atoms with Gasteiger partial charge in [0.25, 0.3) is 17.5 Å². The second kappa shape index (κ2) is 13.4. The highest BCUT2D eigenvalue weighted by atomic mass is 15.0. The van der Waals surface area contributed by atoms with Gasteiger partial charge in [-0.15, -0.1) is 0 Å². The first-order chi connectivity index (χ1) is 26.7. The molecule has 1 N–H and O–H groups in total. The summed E-state index contributed by atoms with van der Waals surface area (Å²) in [5.41, 5.74) is 11.3. The van der Waals surface area contributed by atoms with Crippen molar-refractivity contribution in [3.63, 3.8) is 0 Å². The summed E-state index contributed by atoms with van der Waals surface area (Å²) in [4.78, 5) is 18.8. The number of allylic oxidation sites excluding steroid dienone is 8. The fourth-order valence-electron chi connectivity index (χ4n) is 8.07. The third-order valence-corrected chi connectivity index (χ3v) is 10.8. The van der Waals surface area contributed by atoms with Crippen molar-refractivity contribution in [2.45, 2.75) is 25.7 Å². The van der Waals surface area contributed by atoms with Crippen molar-refractivity contribution in [1.29, 1.82) is 0 Å². The van der Waals surface area contributed by atoms with E-state index in [1.807, 2.05) is 48.7 Å². The molecule has 0 radical (unpaired) electrons. The highest BCUT2D eigenvalue weighted by molar-refractivity contribution is 6.11. The highest BCUT2D eigenvalue weighted by Gasteiger charge is 2.30. The Labute approximate surface area is 314 Å². The van der Waals surface area contributed by atoms with Gasteiger partial charge in [0.05, 0.1) is 33.6 Å². The number of fused-ring (bicyclic) bond motifs is 4. The molecule has 2 unspecified atom stereocenters. The van der Waals surface area contributed by atoms with Gasteiger partial charge in [-0.25, -0.2) is 4.98 Å². The Morgan fingerprint density at radius 2 is 1.39 bits per heavy atom. The van der Waals surface area contributed by atoms with E-state index >= 15 is 0 Å². The maximum absolute atomic E-state index is 5.18. The number of hydrogen-bond donors (Lipinski definition) is 0. The van der Waals surface area contributed by atoms with Crippen LogP contribution in [0.5, 0.6) is 0 Å². The molecule has 5 aromatic carbocycles. The van der Waals surface area contributed by atoms with E-state index in [-0.39, 0.29) is 11.8 Å². The van der Waals surface area contributed by atoms with Gasteiger partial charge in [0, 0.05) is 33.6 Å². The fourth-order valence-corrected chi connectivity index (χ4v) is 8.07. The number of para-hydroxylation sites is 1. The number of nitrogens with zero attached hydrogens (tertiary/aromatic N) is 4. The summed E-state index contributed by atoms with van der Waals surface area (Å²) < 4.78 is 2.43. The predicted molar refractivity (Wildman–Crippen MR) is 221 cm³/mol. The van der Waals surface area contributed by atoms with Gasteiger partial charge < -0.3 is 4.57 Å². The molecule has 258 valence electrons. The molecule has 0 aliphatic heterocycles. The number of benzene rings is 5. The Morgan fingerprint density at radius 1 is 0.648 bits per heavy atom. The monoisotopic (exact) mass is 696 g/mol. The van der Waals surface area contributed by atoms with E-state index in [1.165, 1.54) is 33.1 Å². The Bertz CT molecular complexity index is 2780. The first-order valence-corrected chi connectivity index (χ1v) is 18.8. The molecule has 2 atom stereocenters. The lowest BCUT2D eigenvalue weighted by atomic mass is 9.83. The number of rotatable bonds is 6. The van der Waals surface area contributed by atoms with E-state index < -0.39 is 0 Å². The second-order valence-corrected chi connectivity index (χ2v) is 14.3. The van der Waals surface area contributed by atoms with Crippen LogP contribution >= 0.6 is 0 Å². The van der Waals surface area contributed by atoms with Crippen LogP contribution in [-0.2, 0) is 0 Å². The summed E-state index contributed by atoms with van der Waals surface area (Å²) in [6, 6.07) is 45.1. The average Bonchev–Trinajstić information content (AvgIpc) is 3.58. The molecule has 3 aromatic heterocycles. The minimum absolute atomic E-state index is 0.0455. The minimum Gasteiger partial charge on any atom is -0.310 e. The first kappa shape index (κ1) is 32.0. The lowest BCUT2D eigenvalue weighted by molar-refractivity contribution is -0.360. The van der Waals surface area contributed by atoms with Crippen LogP contribution < -0.4 is 4.98 Å². The molecule has 3 heterocycles. The lowest BCUT2D eigenvalue weighted by Gasteiger charge is -2.21. The van der Waals surface area contributed by atoms with Crippen LogP contribution in [0.4, 0.5) is 0 Å².